The van der Waals surface area contributed by atoms with Gasteiger partial charge in [0, 0.05) is 32.9 Å². The number of imidazole rings is 1. The third kappa shape index (κ3) is 4.47. The molecule has 1 N–H and O–H groups in total. The molecule has 0 atom stereocenters. The molecule has 4 heteroatoms. The van der Waals surface area contributed by atoms with E-state index in [1.807, 2.05) is 6.33 Å². The van der Waals surface area contributed by atoms with E-state index in [4.69, 9.17) is 4.74 Å². The molecule has 0 bridgehead atoms. The first kappa shape index (κ1) is 14.8. The SMILES string of the molecule is COCCNCc1cn(Cc2cc(C)cc(C)c2)cn1. The van der Waals surface area contributed by atoms with E-state index in [-0.39, 0.29) is 0 Å². The third-order valence-corrected chi connectivity index (χ3v) is 3.12. The molecule has 1 aromatic carbocycles. The molecule has 20 heavy (non-hydrogen) atoms. The van der Waals surface area contributed by atoms with E-state index in [0.717, 1.165) is 31.9 Å². The maximum Gasteiger partial charge on any atom is 0.0953 e. The summed E-state index contributed by atoms with van der Waals surface area (Å²) in [5.41, 5.74) is 4.99. The van der Waals surface area contributed by atoms with Crippen LogP contribution in [0, 0.1) is 13.8 Å². The second-order valence-corrected chi connectivity index (χ2v) is 5.20. The van der Waals surface area contributed by atoms with Crippen LogP contribution in [0.1, 0.15) is 22.4 Å². The fourth-order valence-corrected chi connectivity index (χ4v) is 2.35. The van der Waals surface area contributed by atoms with Crippen LogP contribution in [-0.2, 0) is 17.8 Å². The molecule has 0 aliphatic rings. The lowest BCUT2D eigenvalue weighted by Crippen LogP contribution is -2.18. The number of nitrogens with zero attached hydrogens (tertiary/aromatic N) is 2. The molecule has 1 heterocycles. The Bertz CT molecular complexity index is 528. The Morgan fingerprint density at radius 2 is 1.95 bits per heavy atom. The number of aryl methyl sites for hydroxylation is 2. The number of nitrogens with one attached hydrogen (secondary N) is 1. The monoisotopic (exact) mass is 273 g/mol. The lowest BCUT2D eigenvalue weighted by molar-refractivity contribution is 0.199. The van der Waals surface area contributed by atoms with E-state index in [1.165, 1.54) is 16.7 Å². The van der Waals surface area contributed by atoms with Crippen LogP contribution in [0.25, 0.3) is 0 Å². The van der Waals surface area contributed by atoms with Crippen molar-refractivity contribution >= 4 is 0 Å². The molecule has 0 amide bonds. The molecule has 0 fully saturated rings. The average Bonchev–Trinajstić information content (AvgIpc) is 2.81. The molecule has 2 aromatic rings. The van der Waals surface area contributed by atoms with E-state index in [0.29, 0.717) is 0 Å². The van der Waals surface area contributed by atoms with Crippen molar-refractivity contribution in [3.63, 3.8) is 0 Å². The van der Waals surface area contributed by atoms with Crippen LogP contribution < -0.4 is 5.32 Å². The summed E-state index contributed by atoms with van der Waals surface area (Å²) in [4.78, 5) is 4.41. The highest BCUT2D eigenvalue weighted by molar-refractivity contribution is 5.28. The topological polar surface area (TPSA) is 39.1 Å². The van der Waals surface area contributed by atoms with Crippen LogP contribution >= 0.6 is 0 Å². The Morgan fingerprint density at radius 1 is 1.20 bits per heavy atom. The number of ether oxygens (including phenoxy) is 1. The molecule has 0 saturated carbocycles. The number of hydrogen-bond acceptors (Lipinski definition) is 3. The smallest absolute Gasteiger partial charge is 0.0953 e. The Kier molecular flexibility index (Phi) is 5.32. The number of rotatable bonds is 7. The van der Waals surface area contributed by atoms with Crippen LogP contribution in [0.3, 0.4) is 0 Å². The first-order valence-corrected chi connectivity index (χ1v) is 6.95. The highest BCUT2D eigenvalue weighted by Crippen LogP contribution is 2.10. The maximum atomic E-state index is 5.00. The summed E-state index contributed by atoms with van der Waals surface area (Å²) in [6.07, 6.45) is 3.99. The zero-order valence-electron chi connectivity index (χ0n) is 12.5. The van der Waals surface area contributed by atoms with Gasteiger partial charge in [-0.05, 0) is 19.4 Å². The van der Waals surface area contributed by atoms with E-state index < -0.39 is 0 Å². The number of hydrogen-bond donors (Lipinski definition) is 1. The van der Waals surface area contributed by atoms with Gasteiger partial charge in [-0.15, -0.1) is 0 Å². The summed E-state index contributed by atoms with van der Waals surface area (Å²) in [6.45, 7) is 7.49. The van der Waals surface area contributed by atoms with Crippen molar-refractivity contribution in [2.45, 2.75) is 26.9 Å². The van der Waals surface area contributed by atoms with Gasteiger partial charge in [-0.1, -0.05) is 29.3 Å². The van der Waals surface area contributed by atoms with E-state index in [9.17, 15) is 0 Å². The molecule has 0 aliphatic carbocycles. The van der Waals surface area contributed by atoms with Gasteiger partial charge >= 0.3 is 0 Å². The molecule has 0 spiro atoms. The molecule has 0 aliphatic heterocycles. The van der Waals surface area contributed by atoms with Crippen LogP contribution in [-0.4, -0.2) is 29.8 Å². The molecule has 1 aromatic heterocycles. The van der Waals surface area contributed by atoms with Gasteiger partial charge in [-0.3, -0.25) is 0 Å². The lowest BCUT2D eigenvalue weighted by atomic mass is 10.1. The van der Waals surface area contributed by atoms with Crippen LogP contribution in [0.4, 0.5) is 0 Å². The van der Waals surface area contributed by atoms with Crippen molar-refractivity contribution in [3.05, 3.63) is 53.1 Å². The van der Waals surface area contributed by atoms with Crippen LogP contribution in [0.2, 0.25) is 0 Å². The summed E-state index contributed by atoms with van der Waals surface area (Å²) in [5.74, 6) is 0. The fourth-order valence-electron chi connectivity index (χ4n) is 2.35. The summed E-state index contributed by atoms with van der Waals surface area (Å²) in [7, 11) is 1.71. The van der Waals surface area contributed by atoms with E-state index >= 15 is 0 Å². The average molecular weight is 273 g/mol. The van der Waals surface area contributed by atoms with Crippen molar-refractivity contribution in [2.75, 3.05) is 20.3 Å². The lowest BCUT2D eigenvalue weighted by Gasteiger charge is -2.05. The molecular formula is C16H23N3O. The fraction of sp³-hybridized carbons (Fsp3) is 0.438. The van der Waals surface area contributed by atoms with Crippen molar-refractivity contribution in [2.24, 2.45) is 0 Å². The van der Waals surface area contributed by atoms with Crippen LogP contribution in [0.15, 0.2) is 30.7 Å². The molecule has 0 unspecified atom stereocenters. The van der Waals surface area contributed by atoms with Crippen molar-refractivity contribution in [3.8, 4) is 0 Å². The number of benzene rings is 1. The first-order chi connectivity index (χ1) is 9.67. The second kappa shape index (κ2) is 7.22. The third-order valence-electron chi connectivity index (χ3n) is 3.12. The van der Waals surface area contributed by atoms with E-state index in [2.05, 4.69) is 53.1 Å². The Labute approximate surface area is 120 Å². The predicted molar refractivity (Wildman–Crippen MR) is 80.8 cm³/mol. The highest BCUT2D eigenvalue weighted by Gasteiger charge is 2.01. The maximum absolute atomic E-state index is 5.00. The Morgan fingerprint density at radius 3 is 2.65 bits per heavy atom. The highest BCUT2D eigenvalue weighted by atomic mass is 16.5. The molecular weight excluding hydrogens is 250 g/mol. The van der Waals surface area contributed by atoms with Gasteiger partial charge in [-0.25, -0.2) is 4.98 Å². The van der Waals surface area contributed by atoms with Gasteiger partial charge in [0.1, 0.15) is 0 Å². The van der Waals surface area contributed by atoms with Crippen LogP contribution in [0.5, 0.6) is 0 Å². The second-order valence-electron chi connectivity index (χ2n) is 5.20. The zero-order valence-corrected chi connectivity index (χ0v) is 12.5. The van der Waals surface area contributed by atoms with Crippen molar-refractivity contribution in [1.29, 1.82) is 0 Å². The van der Waals surface area contributed by atoms with Crippen molar-refractivity contribution in [1.82, 2.24) is 14.9 Å². The summed E-state index contributed by atoms with van der Waals surface area (Å²) in [5, 5.41) is 3.30. The van der Waals surface area contributed by atoms with Gasteiger partial charge < -0.3 is 14.6 Å². The van der Waals surface area contributed by atoms with Gasteiger partial charge in [0.2, 0.25) is 0 Å². The zero-order chi connectivity index (χ0) is 14.4. The van der Waals surface area contributed by atoms with Crippen molar-refractivity contribution < 1.29 is 4.74 Å². The Hall–Kier alpha value is -1.65. The predicted octanol–water partition coefficient (Wildman–Crippen LogP) is 2.28. The standard InChI is InChI=1S/C16H23N3O/c1-13-6-14(2)8-15(7-13)10-19-11-16(18-12-19)9-17-4-5-20-3/h6-8,11-12,17H,4-5,9-10H2,1-3H3. The molecule has 0 saturated heterocycles. The summed E-state index contributed by atoms with van der Waals surface area (Å²) in [6, 6.07) is 6.65. The molecule has 4 nitrogen and oxygen atoms in total. The largest absolute Gasteiger partial charge is 0.383 e. The summed E-state index contributed by atoms with van der Waals surface area (Å²) >= 11 is 0. The minimum Gasteiger partial charge on any atom is -0.383 e. The van der Waals surface area contributed by atoms with Gasteiger partial charge in [-0.2, -0.15) is 0 Å². The first-order valence-electron chi connectivity index (χ1n) is 6.95. The number of methoxy groups -OCH3 is 1. The summed E-state index contributed by atoms with van der Waals surface area (Å²) < 4.78 is 7.12. The van der Waals surface area contributed by atoms with E-state index in [1.54, 1.807) is 7.11 Å². The van der Waals surface area contributed by atoms with Gasteiger partial charge in [0.25, 0.3) is 0 Å². The molecule has 0 radical (unpaired) electrons. The quantitative estimate of drug-likeness (QED) is 0.787. The minimum atomic E-state index is 0.725. The normalized spacial score (nSPS) is 10.9. The molecule has 108 valence electrons. The number of aromatic nitrogens is 2. The van der Waals surface area contributed by atoms with Gasteiger partial charge in [0.05, 0.1) is 18.6 Å². The van der Waals surface area contributed by atoms with Gasteiger partial charge in [0.15, 0.2) is 0 Å². The Balaban J connectivity index is 1.92. The molecule has 2 rings (SSSR count). The minimum absolute atomic E-state index is 0.725.